The molecule has 0 saturated heterocycles. The van der Waals surface area contributed by atoms with Gasteiger partial charge in [0.05, 0.1) is 10.9 Å². The lowest BCUT2D eigenvalue weighted by atomic mass is 9.98. The molecule has 3 rings (SSSR count). The topological polar surface area (TPSA) is 32.3 Å². The third-order valence-corrected chi connectivity index (χ3v) is 4.88. The second kappa shape index (κ2) is 6.94. The molecule has 0 fully saturated rings. The van der Waals surface area contributed by atoms with Crippen LogP contribution in [0.4, 0.5) is 0 Å². The van der Waals surface area contributed by atoms with E-state index in [2.05, 4.69) is 52.7 Å². The molecule has 3 aromatic rings. The fourth-order valence-electron chi connectivity index (χ4n) is 2.80. The number of hydrogen-bond donors (Lipinski definition) is 1. The second-order valence-corrected chi connectivity index (χ2v) is 6.68. The highest BCUT2D eigenvalue weighted by atomic mass is 32.1. The Morgan fingerprint density at radius 3 is 2.61 bits per heavy atom. The fourth-order valence-corrected chi connectivity index (χ4v) is 3.44. The Hall–Kier alpha value is -2.17. The third-order valence-electron chi connectivity index (χ3n) is 4.01. The average molecular weight is 324 g/mol. The molecule has 0 spiro atoms. The lowest BCUT2D eigenvalue weighted by molar-refractivity contribution is 0.0946. The normalized spacial score (nSPS) is 12.5. The standard InChI is InChI=1S/C19H20N2OS/c1-21(2)17(13-20-19(22)18-11-6-12-23-18)16-10-5-8-14-7-3-4-9-15(14)16/h3-12,17H,13H2,1-2H3,(H,20,22)/t17-/m1/s1. The van der Waals surface area contributed by atoms with E-state index in [0.29, 0.717) is 6.54 Å². The second-order valence-electron chi connectivity index (χ2n) is 5.74. The minimum absolute atomic E-state index is 0.00733. The van der Waals surface area contributed by atoms with Crippen molar-refractivity contribution < 1.29 is 4.79 Å². The smallest absolute Gasteiger partial charge is 0.261 e. The quantitative estimate of drug-likeness (QED) is 0.771. The summed E-state index contributed by atoms with van der Waals surface area (Å²) in [7, 11) is 4.09. The van der Waals surface area contributed by atoms with Crippen molar-refractivity contribution in [2.24, 2.45) is 0 Å². The maximum atomic E-state index is 12.2. The molecule has 1 aromatic heterocycles. The summed E-state index contributed by atoms with van der Waals surface area (Å²) in [5.41, 5.74) is 1.24. The molecule has 0 radical (unpaired) electrons. The Bertz CT molecular complexity index is 791. The van der Waals surface area contributed by atoms with Crippen molar-refractivity contribution in [3.63, 3.8) is 0 Å². The van der Waals surface area contributed by atoms with Crippen LogP contribution in [-0.2, 0) is 0 Å². The van der Waals surface area contributed by atoms with Crippen LogP contribution in [0, 0.1) is 0 Å². The monoisotopic (exact) mass is 324 g/mol. The Labute approximate surface area is 140 Å². The number of fused-ring (bicyclic) bond motifs is 1. The molecule has 0 aliphatic carbocycles. The number of likely N-dealkylation sites (N-methyl/N-ethyl adjacent to an activating group) is 1. The van der Waals surface area contributed by atoms with Crippen LogP contribution in [0.15, 0.2) is 60.0 Å². The summed E-state index contributed by atoms with van der Waals surface area (Å²) < 4.78 is 0. The summed E-state index contributed by atoms with van der Waals surface area (Å²) in [6.07, 6.45) is 0. The summed E-state index contributed by atoms with van der Waals surface area (Å²) >= 11 is 1.46. The van der Waals surface area contributed by atoms with Crippen molar-refractivity contribution in [1.82, 2.24) is 10.2 Å². The van der Waals surface area contributed by atoms with Crippen molar-refractivity contribution in [1.29, 1.82) is 0 Å². The van der Waals surface area contributed by atoms with E-state index >= 15 is 0 Å². The first-order valence-electron chi connectivity index (χ1n) is 7.62. The zero-order valence-corrected chi connectivity index (χ0v) is 14.1. The highest BCUT2D eigenvalue weighted by Crippen LogP contribution is 2.26. The van der Waals surface area contributed by atoms with Gasteiger partial charge in [0.1, 0.15) is 0 Å². The number of thiophene rings is 1. The van der Waals surface area contributed by atoms with Crippen LogP contribution in [0.5, 0.6) is 0 Å². The Morgan fingerprint density at radius 1 is 1.09 bits per heavy atom. The van der Waals surface area contributed by atoms with Crippen LogP contribution in [-0.4, -0.2) is 31.4 Å². The lowest BCUT2D eigenvalue weighted by Crippen LogP contribution is -2.34. The first-order valence-corrected chi connectivity index (χ1v) is 8.50. The van der Waals surface area contributed by atoms with Gasteiger partial charge in [-0.15, -0.1) is 11.3 Å². The molecule has 3 nitrogen and oxygen atoms in total. The van der Waals surface area contributed by atoms with Gasteiger partial charge in [0, 0.05) is 6.54 Å². The number of nitrogens with one attached hydrogen (secondary N) is 1. The maximum Gasteiger partial charge on any atom is 0.261 e. The molecule has 0 bridgehead atoms. The first kappa shape index (κ1) is 15.7. The molecule has 0 aliphatic heterocycles. The zero-order valence-electron chi connectivity index (χ0n) is 13.3. The van der Waals surface area contributed by atoms with Gasteiger partial charge in [0.25, 0.3) is 5.91 Å². The van der Waals surface area contributed by atoms with Crippen molar-refractivity contribution >= 4 is 28.0 Å². The molecule has 0 unspecified atom stereocenters. The lowest BCUT2D eigenvalue weighted by Gasteiger charge is -2.26. The molecule has 1 atom stereocenters. The number of amides is 1. The molecule has 1 amide bonds. The molecular weight excluding hydrogens is 304 g/mol. The first-order chi connectivity index (χ1) is 11.2. The van der Waals surface area contributed by atoms with Gasteiger partial charge < -0.3 is 10.2 Å². The van der Waals surface area contributed by atoms with Crippen molar-refractivity contribution in [3.05, 3.63) is 70.4 Å². The molecule has 0 saturated carbocycles. The van der Waals surface area contributed by atoms with Crippen molar-refractivity contribution in [2.45, 2.75) is 6.04 Å². The number of rotatable bonds is 5. The van der Waals surface area contributed by atoms with Gasteiger partial charge in [-0.3, -0.25) is 4.79 Å². The minimum Gasteiger partial charge on any atom is -0.349 e. The van der Waals surface area contributed by atoms with Crippen LogP contribution in [0.1, 0.15) is 21.3 Å². The SMILES string of the molecule is CN(C)[C@H](CNC(=O)c1cccs1)c1cccc2ccccc12. The summed E-state index contributed by atoms with van der Waals surface area (Å²) in [4.78, 5) is 15.1. The highest BCUT2D eigenvalue weighted by Gasteiger charge is 2.18. The highest BCUT2D eigenvalue weighted by molar-refractivity contribution is 7.12. The van der Waals surface area contributed by atoms with Crippen LogP contribution < -0.4 is 5.32 Å². The Kier molecular flexibility index (Phi) is 4.74. The van der Waals surface area contributed by atoms with Crippen molar-refractivity contribution in [3.8, 4) is 0 Å². The predicted molar refractivity (Wildman–Crippen MR) is 97.0 cm³/mol. The van der Waals surface area contributed by atoms with Crippen LogP contribution in [0.25, 0.3) is 10.8 Å². The molecule has 118 valence electrons. The minimum atomic E-state index is -0.00733. The van der Waals surface area contributed by atoms with E-state index in [0.717, 1.165) is 4.88 Å². The predicted octanol–water partition coefficient (Wildman–Crippen LogP) is 3.93. The number of benzene rings is 2. The van der Waals surface area contributed by atoms with Crippen LogP contribution in [0.2, 0.25) is 0 Å². The Morgan fingerprint density at radius 2 is 1.87 bits per heavy atom. The van der Waals surface area contributed by atoms with E-state index in [1.165, 1.54) is 27.7 Å². The third kappa shape index (κ3) is 3.44. The van der Waals surface area contributed by atoms with E-state index in [1.54, 1.807) is 0 Å². The summed E-state index contributed by atoms with van der Waals surface area (Å²) in [5.74, 6) is -0.00733. The van der Waals surface area contributed by atoms with Gasteiger partial charge in [0.2, 0.25) is 0 Å². The average Bonchev–Trinajstić information content (AvgIpc) is 3.09. The maximum absolute atomic E-state index is 12.2. The van der Waals surface area contributed by atoms with E-state index in [4.69, 9.17) is 0 Å². The van der Waals surface area contributed by atoms with Crippen LogP contribution >= 0.6 is 11.3 Å². The molecule has 1 N–H and O–H groups in total. The number of nitrogens with zero attached hydrogens (tertiary/aromatic N) is 1. The summed E-state index contributed by atoms with van der Waals surface area (Å²) in [6.45, 7) is 0.581. The zero-order chi connectivity index (χ0) is 16.2. The van der Waals surface area contributed by atoms with E-state index < -0.39 is 0 Å². The van der Waals surface area contributed by atoms with Gasteiger partial charge in [-0.25, -0.2) is 0 Å². The van der Waals surface area contributed by atoms with E-state index in [-0.39, 0.29) is 11.9 Å². The van der Waals surface area contributed by atoms with Crippen LogP contribution in [0.3, 0.4) is 0 Å². The molecule has 1 heterocycles. The van der Waals surface area contributed by atoms with Gasteiger partial charge in [0.15, 0.2) is 0 Å². The molecular formula is C19H20N2OS. The largest absolute Gasteiger partial charge is 0.349 e. The fraction of sp³-hybridized carbons (Fsp3) is 0.211. The van der Waals surface area contributed by atoms with Gasteiger partial charge >= 0.3 is 0 Å². The summed E-state index contributed by atoms with van der Waals surface area (Å²) in [5, 5.41) is 7.44. The van der Waals surface area contributed by atoms with E-state index in [9.17, 15) is 4.79 Å². The van der Waals surface area contributed by atoms with Gasteiger partial charge in [-0.2, -0.15) is 0 Å². The van der Waals surface area contributed by atoms with Gasteiger partial charge in [-0.05, 0) is 41.9 Å². The summed E-state index contributed by atoms with van der Waals surface area (Å²) in [6, 6.07) is 18.6. The van der Waals surface area contributed by atoms with Gasteiger partial charge in [-0.1, -0.05) is 48.5 Å². The number of hydrogen-bond acceptors (Lipinski definition) is 3. The van der Waals surface area contributed by atoms with Crippen molar-refractivity contribution in [2.75, 3.05) is 20.6 Å². The molecule has 4 heteroatoms. The number of carbonyl (C=O) groups is 1. The van der Waals surface area contributed by atoms with E-state index in [1.807, 2.05) is 31.6 Å². The Balaban J connectivity index is 1.85. The molecule has 23 heavy (non-hydrogen) atoms. The molecule has 2 aromatic carbocycles. The molecule has 0 aliphatic rings. The number of carbonyl (C=O) groups excluding carboxylic acids is 1.